The molecule has 4 nitrogen and oxygen atoms in total. The van der Waals surface area contributed by atoms with E-state index >= 15 is 0 Å². The SMILES string of the molecule is CCN1CCN(CCC(C)(N)C#N)CC1. The van der Waals surface area contributed by atoms with Crippen LogP contribution in [0.3, 0.4) is 0 Å². The highest BCUT2D eigenvalue weighted by atomic mass is 15.3. The smallest absolute Gasteiger partial charge is 0.102 e. The lowest BCUT2D eigenvalue weighted by Gasteiger charge is -2.34. The Kier molecular flexibility index (Phi) is 4.52. The summed E-state index contributed by atoms with van der Waals surface area (Å²) in [6.45, 7) is 10.6. The fraction of sp³-hybridized carbons (Fsp3) is 0.909. The molecule has 4 heteroatoms. The molecule has 0 saturated carbocycles. The van der Waals surface area contributed by atoms with Gasteiger partial charge in [0.1, 0.15) is 5.54 Å². The molecule has 1 unspecified atom stereocenters. The molecule has 0 spiro atoms. The van der Waals surface area contributed by atoms with E-state index in [-0.39, 0.29) is 0 Å². The largest absolute Gasteiger partial charge is 0.314 e. The van der Waals surface area contributed by atoms with Crippen LogP contribution in [-0.2, 0) is 0 Å². The van der Waals surface area contributed by atoms with Crippen molar-refractivity contribution in [2.45, 2.75) is 25.8 Å². The number of piperazine rings is 1. The Hall–Kier alpha value is -0.630. The van der Waals surface area contributed by atoms with Crippen molar-refractivity contribution < 1.29 is 0 Å². The number of nitriles is 1. The predicted octanol–water partition coefficient (Wildman–Crippen LogP) is 0.255. The lowest BCUT2D eigenvalue weighted by atomic mass is 10.0. The first-order valence-corrected chi connectivity index (χ1v) is 5.72. The van der Waals surface area contributed by atoms with Crippen molar-refractivity contribution in [3.8, 4) is 6.07 Å². The Balaban J connectivity index is 2.22. The quantitative estimate of drug-likeness (QED) is 0.723. The Bertz CT molecular complexity index is 223. The normalized spacial score (nSPS) is 23.3. The van der Waals surface area contributed by atoms with Gasteiger partial charge in [-0.3, -0.25) is 0 Å². The minimum atomic E-state index is -0.665. The van der Waals surface area contributed by atoms with Gasteiger partial charge in [0.25, 0.3) is 0 Å². The van der Waals surface area contributed by atoms with Gasteiger partial charge < -0.3 is 15.5 Å². The van der Waals surface area contributed by atoms with Crippen LogP contribution in [0.5, 0.6) is 0 Å². The number of hydrogen-bond acceptors (Lipinski definition) is 4. The molecule has 1 aliphatic rings. The number of nitrogens with zero attached hydrogens (tertiary/aromatic N) is 3. The summed E-state index contributed by atoms with van der Waals surface area (Å²) in [7, 11) is 0. The van der Waals surface area contributed by atoms with Crippen LogP contribution in [0.25, 0.3) is 0 Å². The fourth-order valence-corrected chi connectivity index (χ4v) is 1.78. The lowest BCUT2D eigenvalue weighted by molar-refractivity contribution is 0.132. The van der Waals surface area contributed by atoms with Crippen molar-refractivity contribution in [1.82, 2.24) is 9.80 Å². The molecule has 1 rings (SSSR count). The molecule has 0 aromatic carbocycles. The fourth-order valence-electron chi connectivity index (χ4n) is 1.78. The van der Waals surface area contributed by atoms with E-state index in [9.17, 15) is 0 Å². The number of likely N-dealkylation sites (N-methyl/N-ethyl adjacent to an activating group) is 1. The second-order valence-corrected chi connectivity index (χ2v) is 4.56. The van der Waals surface area contributed by atoms with Gasteiger partial charge in [-0.1, -0.05) is 6.92 Å². The van der Waals surface area contributed by atoms with E-state index in [0.29, 0.717) is 0 Å². The molecule has 0 aromatic heterocycles. The second kappa shape index (κ2) is 5.45. The summed E-state index contributed by atoms with van der Waals surface area (Å²) in [5.74, 6) is 0. The van der Waals surface area contributed by atoms with Gasteiger partial charge in [-0.25, -0.2) is 0 Å². The molecule has 0 bridgehead atoms. The Morgan fingerprint density at radius 3 is 2.27 bits per heavy atom. The van der Waals surface area contributed by atoms with Crippen LogP contribution in [0.1, 0.15) is 20.3 Å². The molecule has 0 amide bonds. The molecule has 1 aliphatic heterocycles. The topological polar surface area (TPSA) is 56.3 Å². The van der Waals surface area contributed by atoms with E-state index in [0.717, 1.165) is 45.7 Å². The zero-order valence-electron chi connectivity index (χ0n) is 9.87. The van der Waals surface area contributed by atoms with Crippen LogP contribution in [0.2, 0.25) is 0 Å². The molecule has 0 radical (unpaired) electrons. The van der Waals surface area contributed by atoms with Gasteiger partial charge in [-0.15, -0.1) is 0 Å². The Morgan fingerprint density at radius 2 is 1.80 bits per heavy atom. The van der Waals surface area contributed by atoms with Crippen molar-refractivity contribution >= 4 is 0 Å². The summed E-state index contributed by atoms with van der Waals surface area (Å²) < 4.78 is 0. The van der Waals surface area contributed by atoms with Crippen LogP contribution in [0.4, 0.5) is 0 Å². The lowest BCUT2D eigenvalue weighted by Crippen LogP contribution is -2.48. The predicted molar refractivity (Wildman–Crippen MR) is 61.4 cm³/mol. The summed E-state index contributed by atoms with van der Waals surface area (Å²) in [6, 6.07) is 2.14. The van der Waals surface area contributed by atoms with Gasteiger partial charge in [0.15, 0.2) is 0 Å². The van der Waals surface area contributed by atoms with Gasteiger partial charge >= 0.3 is 0 Å². The summed E-state index contributed by atoms with van der Waals surface area (Å²) >= 11 is 0. The Labute approximate surface area is 92.6 Å². The van der Waals surface area contributed by atoms with Crippen molar-refractivity contribution in [1.29, 1.82) is 5.26 Å². The average Bonchev–Trinajstić information content (AvgIpc) is 2.27. The van der Waals surface area contributed by atoms with Gasteiger partial charge in [-0.05, 0) is 19.9 Å². The molecule has 0 aromatic rings. The maximum absolute atomic E-state index is 8.80. The zero-order chi connectivity index (χ0) is 11.3. The molecule has 1 heterocycles. The first kappa shape index (κ1) is 12.4. The van der Waals surface area contributed by atoms with E-state index in [2.05, 4.69) is 22.8 Å². The third-order valence-corrected chi connectivity index (χ3v) is 3.11. The van der Waals surface area contributed by atoms with Gasteiger partial charge in [-0.2, -0.15) is 5.26 Å². The highest BCUT2D eigenvalue weighted by molar-refractivity contribution is 5.01. The third kappa shape index (κ3) is 4.17. The average molecular weight is 210 g/mol. The first-order chi connectivity index (χ1) is 7.07. The molecule has 1 fully saturated rings. The van der Waals surface area contributed by atoms with Crippen LogP contribution in [0.15, 0.2) is 0 Å². The van der Waals surface area contributed by atoms with Gasteiger partial charge in [0.05, 0.1) is 6.07 Å². The number of nitrogens with two attached hydrogens (primary N) is 1. The monoisotopic (exact) mass is 210 g/mol. The van der Waals surface area contributed by atoms with Crippen molar-refractivity contribution in [3.05, 3.63) is 0 Å². The minimum absolute atomic E-state index is 0.665. The molecule has 2 N–H and O–H groups in total. The molecular weight excluding hydrogens is 188 g/mol. The first-order valence-electron chi connectivity index (χ1n) is 5.72. The van der Waals surface area contributed by atoms with Gasteiger partial charge in [0, 0.05) is 32.7 Å². The van der Waals surface area contributed by atoms with E-state index < -0.39 is 5.54 Å². The standard InChI is InChI=1S/C11H22N4/c1-3-14-6-8-15(9-7-14)5-4-11(2,13)10-12/h3-9,13H2,1-2H3. The molecule has 0 aliphatic carbocycles. The van der Waals surface area contributed by atoms with Crippen molar-refractivity contribution in [3.63, 3.8) is 0 Å². The van der Waals surface area contributed by atoms with Crippen LogP contribution in [0, 0.1) is 11.3 Å². The van der Waals surface area contributed by atoms with E-state index in [1.54, 1.807) is 6.92 Å². The molecule has 1 saturated heterocycles. The molecule has 86 valence electrons. The zero-order valence-corrected chi connectivity index (χ0v) is 9.87. The Morgan fingerprint density at radius 1 is 1.27 bits per heavy atom. The van der Waals surface area contributed by atoms with E-state index in [1.807, 2.05) is 0 Å². The second-order valence-electron chi connectivity index (χ2n) is 4.56. The highest BCUT2D eigenvalue weighted by Gasteiger charge is 2.21. The van der Waals surface area contributed by atoms with E-state index in [1.165, 1.54) is 0 Å². The summed E-state index contributed by atoms with van der Waals surface area (Å²) in [6.07, 6.45) is 0.760. The number of rotatable bonds is 4. The van der Waals surface area contributed by atoms with Crippen molar-refractivity contribution in [2.75, 3.05) is 39.3 Å². The summed E-state index contributed by atoms with van der Waals surface area (Å²) in [5, 5.41) is 8.80. The maximum atomic E-state index is 8.80. The van der Waals surface area contributed by atoms with E-state index in [4.69, 9.17) is 11.0 Å². The van der Waals surface area contributed by atoms with Gasteiger partial charge in [0.2, 0.25) is 0 Å². The van der Waals surface area contributed by atoms with Crippen molar-refractivity contribution in [2.24, 2.45) is 5.73 Å². The summed E-state index contributed by atoms with van der Waals surface area (Å²) in [4.78, 5) is 4.84. The maximum Gasteiger partial charge on any atom is 0.102 e. The molecular formula is C11H22N4. The minimum Gasteiger partial charge on any atom is -0.314 e. The third-order valence-electron chi connectivity index (χ3n) is 3.11. The number of hydrogen-bond donors (Lipinski definition) is 1. The van der Waals surface area contributed by atoms with Crippen LogP contribution in [-0.4, -0.2) is 54.6 Å². The molecule has 15 heavy (non-hydrogen) atoms. The van der Waals surface area contributed by atoms with Crippen LogP contribution < -0.4 is 5.73 Å². The molecule has 1 atom stereocenters. The highest BCUT2D eigenvalue weighted by Crippen LogP contribution is 2.07. The van der Waals surface area contributed by atoms with Crippen LogP contribution >= 0.6 is 0 Å². The summed E-state index contributed by atoms with van der Waals surface area (Å²) in [5.41, 5.74) is 5.12.